The number of nitrogens with two attached hydrogens (primary N) is 1. The lowest BCUT2D eigenvalue weighted by Crippen LogP contribution is -2.06. The monoisotopic (exact) mass is 285 g/mol. The third kappa shape index (κ3) is 2.19. The molecule has 20 heavy (non-hydrogen) atoms. The predicted molar refractivity (Wildman–Crippen MR) is 79.5 cm³/mol. The Hall–Kier alpha value is -2.17. The Morgan fingerprint density at radius 3 is 2.75 bits per heavy atom. The van der Waals surface area contributed by atoms with Crippen LogP contribution in [0.1, 0.15) is 17.2 Å². The molecular formula is C15H12ClN3O. The third-order valence-corrected chi connectivity index (χ3v) is 3.38. The quantitative estimate of drug-likeness (QED) is 0.759. The second kappa shape index (κ2) is 5.07. The third-order valence-electron chi connectivity index (χ3n) is 3.17. The number of anilines is 1. The Bertz CT molecular complexity index is 771. The summed E-state index contributed by atoms with van der Waals surface area (Å²) in [6.07, 6.45) is 2.23. The molecule has 1 atom stereocenters. The molecule has 0 bridgehead atoms. The summed E-state index contributed by atoms with van der Waals surface area (Å²) < 4.78 is 0. The molecule has 0 aliphatic heterocycles. The minimum absolute atomic E-state index is 0.259. The first-order chi connectivity index (χ1) is 9.66. The maximum Gasteiger partial charge on any atom is 0.129 e. The van der Waals surface area contributed by atoms with Gasteiger partial charge in [-0.25, -0.2) is 4.98 Å². The van der Waals surface area contributed by atoms with Crippen molar-refractivity contribution in [2.75, 3.05) is 5.73 Å². The van der Waals surface area contributed by atoms with E-state index in [-0.39, 0.29) is 5.82 Å². The Kier molecular flexibility index (Phi) is 3.26. The first-order valence-electron chi connectivity index (χ1n) is 6.09. The standard InChI is InChI=1S/C15H12ClN3O/c16-10-7-12(15(17)19-8-10)14(20)11-5-1-3-9-4-2-6-18-13(9)11/h1-8,14,20H,(H2,17,19). The fourth-order valence-electron chi connectivity index (χ4n) is 2.20. The molecule has 0 saturated carbocycles. The van der Waals surface area contributed by atoms with Gasteiger partial charge < -0.3 is 10.8 Å². The summed E-state index contributed by atoms with van der Waals surface area (Å²) in [4.78, 5) is 8.30. The van der Waals surface area contributed by atoms with Crippen LogP contribution < -0.4 is 5.73 Å². The number of nitrogens with zero attached hydrogens (tertiary/aromatic N) is 2. The Balaban J connectivity index is 2.17. The van der Waals surface area contributed by atoms with Crippen molar-refractivity contribution in [3.63, 3.8) is 0 Å². The van der Waals surface area contributed by atoms with Crippen LogP contribution in [0.2, 0.25) is 5.02 Å². The molecule has 3 rings (SSSR count). The van der Waals surface area contributed by atoms with E-state index >= 15 is 0 Å². The van der Waals surface area contributed by atoms with E-state index in [9.17, 15) is 5.11 Å². The number of hydrogen-bond donors (Lipinski definition) is 2. The molecule has 0 spiro atoms. The molecule has 1 unspecified atom stereocenters. The molecule has 0 amide bonds. The molecule has 0 fully saturated rings. The summed E-state index contributed by atoms with van der Waals surface area (Å²) in [6, 6.07) is 11.1. The summed E-state index contributed by atoms with van der Waals surface area (Å²) >= 11 is 5.92. The average Bonchev–Trinajstić information content (AvgIpc) is 2.48. The summed E-state index contributed by atoms with van der Waals surface area (Å²) in [5.41, 5.74) is 7.72. The molecule has 2 heterocycles. The average molecular weight is 286 g/mol. The number of para-hydroxylation sites is 1. The van der Waals surface area contributed by atoms with Gasteiger partial charge in [0.2, 0.25) is 0 Å². The number of aliphatic hydroxyl groups excluding tert-OH is 1. The lowest BCUT2D eigenvalue weighted by atomic mass is 9.99. The summed E-state index contributed by atoms with van der Waals surface area (Å²) in [6.45, 7) is 0. The molecule has 4 nitrogen and oxygen atoms in total. The molecule has 0 radical (unpaired) electrons. The summed E-state index contributed by atoms with van der Waals surface area (Å²) in [7, 11) is 0. The van der Waals surface area contributed by atoms with Crippen molar-refractivity contribution in [3.8, 4) is 0 Å². The Labute approximate surface area is 120 Å². The highest BCUT2D eigenvalue weighted by molar-refractivity contribution is 6.30. The normalized spacial score (nSPS) is 12.5. The zero-order valence-electron chi connectivity index (χ0n) is 10.5. The lowest BCUT2D eigenvalue weighted by Gasteiger charge is -2.15. The van der Waals surface area contributed by atoms with Gasteiger partial charge in [0.15, 0.2) is 0 Å². The first kappa shape index (κ1) is 12.8. The van der Waals surface area contributed by atoms with Gasteiger partial charge in [-0.15, -0.1) is 0 Å². The highest BCUT2D eigenvalue weighted by atomic mass is 35.5. The molecule has 0 saturated heterocycles. The topological polar surface area (TPSA) is 72.0 Å². The molecule has 100 valence electrons. The smallest absolute Gasteiger partial charge is 0.129 e. The number of benzene rings is 1. The predicted octanol–water partition coefficient (Wildman–Crippen LogP) is 2.95. The highest BCUT2D eigenvalue weighted by Gasteiger charge is 2.17. The van der Waals surface area contributed by atoms with Crippen molar-refractivity contribution < 1.29 is 5.11 Å². The number of hydrogen-bond acceptors (Lipinski definition) is 4. The van der Waals surface area contributed by atoms with Crippen LogP contribution in [0.4, 0.5) is 5.82 Å². The van der Waals surface area contributed by atoms with Crippen molar-refractivity contribution in [1.29, 1.82) is 0 Å². The van der Waals surface area contributed by atoms with Crippen molar-refractivity contribution in [3.05, 3.63) is 64.9 Å². The first-order valence-corrected chi connectivity index (χ1v) is 6.47. The zero-order valence-corrected chi connectivity index (χ0v) is 11.2. The van der Waals surface area contributed by atoms with Gasteiger partial charge in [0.25, 0.3) is 0 Å². The van der Waals surface area contributed by atoms with E-state index < -0.39 is 6.10 Å². The second-order valence-corrected chi connectivity index (χ2v) is 4.89. The van der Waals surface area contributed by atoms with Gasteiger partial charge in [-0.05, 0) is 12.1 Å². The van der Waals surface area contributed by atoms with Gasteiger partial charge in [0.1, 0.15) is 11.9 Å². The number of fused-ring (bicyclic) bond motifs is 1. The number of rotatable bonds is 2. The molecule has 3 N–H and O–H groups in total. The minimum atomic E-state index is -0.917. The van der Waals surface area contributed by atoms with Crippen LogP contribution in [-0.2, 0) is 0 Å². The Morgan fingerprint density at radius 1 is 1.10 bits per heavy atom. The van der Waals surface area contributed by atoms with Crippen molar-refractivity contribution in [2.24, 2.45) is 0 Å². The van der Waals surface area contributed by atoms with Crippen molar-refractivity contribution in [2.45, 2.75) is 6.10 Å². The zero-order chi connectivity index (χ0) is 14.1. The number of aromatic nitrogens is 2. The van der Waals surface area contributed by atoms with Crippen LogP contribution in [0.15, 0.2) is 48.8 Å². The fourth-order valence-corrected chi connectivity index (χ4v) is 2.37. The minimum Gasteiger partial charge on any atom is -0.383 e. The van der Waals surface area contributed by atoms with E-state index in [1.165, 1.54) is 6.20 Å². The highest BCUT2D eigenvalue weighted by Crippen LogP contribution is 2.31. The number of halogens is 1. The van der Waals surface area contributed by atoms with E-state index in [2.05, 4.69) is 9.97 Å². The van der Waals surface area contributed by atoms with E-state index in [0.717, 1.165) is 10.9 Å². The van der Waals surface area contributed by atoms with Crippen LogP contribution in [0.3, 0.4) is 0 Å². The van der Waals surface area contributed by atoms with Crippen LogP contribution >= 0.6 is 11.6 Å². The van der Waals surface area contributed by atoms with E-state index in [1.54, 1.807) is 12.3 Å². The lowest BCUT2D eigenvalue weighted by molar-refractivity contribution is 0.222. The molecule has 0 aliphatic rings. The molecule has 5 heteroatoms. The Morgan fingerprint density at radius 2 is 1.90 bits per heavy atom. The van der Waals surface area contributed by atoms with Gasteiger partial charge >= 0.3 is 0 Å². The fraction of sp³-hybridized carbons (Fsp3) is 0.0667. The van der Waals surface area contributed by atoms with Gasteiger partial charge in [-0.3, -0.25) is 4.98 Å². The molecule has 1 aromatic carbocycles. The van der Waals surface area contributed by atoms with Crippen LogP contribution in [0, 0.1) is 0 Å². The summed E-state index contributed by atoms with van der Waals surface area (Å²) in [5, 5.41) is 12.0. The second-order valence-electron chi connectivity index (χ2n) is 4.45. The van der Waals surface area contributed by atoms with Gasteiger partial charge in [0.05, 0.1) is 10.5 Å². The van der Waals surface area contributed by atoms with Crippen molar-refractivity contribution >= 4 is 28.3 Å². The summed E-state index contributed by atoms with van der Waals surface area (Å²) in [5.74, 6) is 0.259. The van der Waals surface area contributed by atoms with Gasteiger partial charge in [-0.1, -0.05) is 35.9 Å². The maximum absolute atomic E-state index is 10.6. The van der Waals surface area contributed by atoms with Crippen LogP contribution in [-0.4, -0.2) is 15.1 Å². The molecule has 2 aromatic heterocycles. The SMILES string of the molecule is Nc1ncc(Cl)cc1C(O)c1cccc2cccnc12. The number of aliphatic hydroxyl groups is 1. The van der Waals surface area contributed by atoms with E-state index in [1.807, 2.05) is 30.3 Å². The van der Waals surface area contributed by atoms with Gasteiger partial charge in [0, 0.05) is 28.9 Å². The molecular weight excluding hydrogens is 274 g/mol. The maximum atomic E-state index is 10.6. The van der Waals surface area contributed by atoms with Crippen LogP contribution in [0.5, 0.6) is 0 Å². The number of nitrogen functional groups attached to an aromatic ring is 1. The van der Waals surface area contributed by atoms with Gasteiger partial charge in [-0.2, -0.15) is 0 Å². The van der Waals surface area contributed by atoms with E-state index in [0.29, 0.717) is 16.1 Å². The number of pyridine rings is 2. The molecule has 3 aromatic rings. The van der Waals surface area contributed by atoms with E-state index in [4.69, 9.17) is 17.3 Å². The van der Waals surface area contributed by atoms with Crippen molar-refractivity contribution in [1.82, 2.24) is 9.97 Å². The van der Waals surface area contributed by atoms with Crippen LogP contribution in [0.25, 0.3) is 10.9 Å². The molecule has 0 aliphatic carbocycles. The largest absolute Gasteiger partial charge is 0.383 e.